The zero-order chi connectivity index (χ0) is 19.8. The van der Waals surface area contributed by atoms with Crippen molar-refractivity contribution in [3.63, 3.8) is 0 Å². The molecule has 1 atom stereocenters. The number of hydrogen-bond acceptors (Lipinski definition) is 5. The van der Waals surface area contributed by atoms with Gasteiger partial charge in [-0.3, -0.25) is 10.2 Å². The van der Waals surface area contributed by atoms with Crippen LogP contribution in [0.3, 0.4) is 0 Å². The summed E-state index contributed by atoms with van der Waals surface area (Å²) in [6.07, 6.45) is -3.13. The zero-order valence-electron chi connectivity index (χ0n) is 15.0. The van der Waals surface area contributed by atoms with Gasteiger partial charge in [0.05, 0.1) is 13.2 Å². The van der Waals surface area contributed by atoms with E-state index in [9.17, 15) is 13.2 Å². The van der Waals surface area contributed by atoms with E-state index < -0.39 is 11.7 Å². The maximum atomic E-state index is 14.7. The van der Waals surface area contributed by atoms with Gasteiger partial charge in [-0.2, -0.15) is 13.2 Å². The summed E-state index contributed by atoms with van der Waals surface area (Å²) < 4.78 is 49.3. The van der Waals surface area contributed by atoms with Crippen molar-refractivity contribution in [2.75, 3.05) is 44.7 Å². The number of nitrogens with one attached hydrogen (secondary N) is 2. The molecule has 5 nitrogen and oxygen atoms in total. The third-order valence-electron chi connectivity index (χ3n) is 5.20. The van der Waals surface area contributed by atoms with E-state index in [1.807, 2.05) is 0 Å². The zero-order valence-corrected chi connectivity index (χ0v) is 15.8. The van der Waals surface area contributed by atoms with Crippen LogP contribution in [0.4, 0.5) is 24.7 Å². The quantitative estimate of drug-likeness (QED) is 0.804. The van der Waals surface area contributed by atoms with Gasteiger partial charge in [-0.25, -0.2) is 4.98 Å². The van der Waals surface area contributed by atoms with Crippen molar-refractivity contribution in [1.82, 2.24) is 15.2 Å². The van der Waals surface area contributed by atoms with Crippen LogP contribution in [0.25, 0.3) is 0 Å². The van der Waals surface area contributed by atoms with Crippen LogP contribution in [0.1, 0.15) is 11.1 Å². The summed E-state index contributed by atoms with van der Waals surface area (Å²) in [4.78, 5) is 6.22. The van der Waals surface area contributed by atoms with Crippen molar-refractivity contribution in [3.8, 4) is 0 Å². The summed E-state index contributed by atoms with van der Waals surface area (Å²) in [5.74, 6) is 0.188. The Labute approximate surface area is 165 Å². The van der Waals surface area contributed by atoms with E-state index in [0.29, 0.717) is 38.5 Å². The number of halogens is 4. The number of morpholine rings is 1. The topological polar surface area (TPSA) is 49.4 Å². The van der Waals surface area contributed by atoms with E-state index in [1.54, 1.807) is 12.1 Å². The number of anilines is 2. The maximum Gasteiger partial charge on any atom is 0.415 e. The molecule has 2 aliphatic rings. The molecule has 4 rings (SSSR count). The third-order valence-corrected chi connectivity index (χ3v) is 5.43. The van der Waals surface area contributed by atoms with Gasteiger partial charge in [0.2, 0.25) is 0 Å². The molecule has 1 fully saturated rings. The lowest BCUT2D eigenvalue weighted by molar-refractivity contribution is -0.187. The fourth-order valence-electron chi connectivity index (χ4n) is 3.84. The van der Waals surface area contributed by atoms with Crippen LogP contribution in [-0.2, 0) is 10.3 Å². The molecule has 0 radical (unpaired) electrons. The fourth-order valence-corrected chi connectivity index (χ4v) is 4.01. The Morgan fingerprint density at radius 1 is 1.21 bits per heavy atom. The molecule has 0 aliphatic carbocycles. The normalized spacial score (nSPS) is 22.3. The van der Waals surface area contributed by atoms with Gasteiger partial charge in [-0.05, 0) is 24.3 Å². The molecule has 2 N–H and O–H groups in total. The molecule has 28 heavy (non-hydrogen) atoms. The molecule has 0 bridgehead atoms. The first-order chi connectivity index (χ1) is 13.4. The lowest BCUT2D eigenvalue weighted by atomic mass is 9.78. The molecule has 2 aliphatic heterocycles. The predicted molar refractivity (Wildman–Crippen MR) is 101 cm³/mol. The molecule has 1 aromatic heterocycles. The first kappa shape index (κ1) is 19.4. The number of rotatable bonds is 4. The Morgan fingerprint density at radius 2 is 2.00 bits per heavy atom. The number of pyridine rings is 1. The van der Waals surface area contributed by atoms with E-state index in [4.69, 9.17) is 16.3 Å². The number of ether oxygens (including phenoxy) is 1. The summed E-state index contributed by atoms with van der Waals surface area (Å²) in [5, 5.41) is 6.06. The Balaban J connectivity index is 1.75. The summed E-state index contributed by atoms with van der Waals surface area (Å²) in [5.41, 5.74) is -1.96. The summed E-state index contributed by atoms with van der Waals surface area (Å²) in [6.45, 7) is 3.25. The second kappa shape index (κ2) is 7.51. The highest BCUT2D eigenvalue weighted by molar-refractivity contribution is 6.30. The van der Waals surface area contributed by atoms with Gasteiger partial charge in [0, 0.05) is 54.2 Å². The molecule has 3 heterocycles. The highest BCUT2D eigenvalue weighted by Crippen LogP contribution is 2.52. The summed E-state index contributed by atoms with van der Waals surface area (Å²) >= 11 is 6.08. The van der Waals surface area contributed by atoms with Crippen molar-refractivity contribution in [2.24, 2.45) is 0 Å². The molecule has 0 saturated carbocycles. The average Bonchev–Trinajstić information content (AvgIpc) is 2.67. The van der Waals surface area contributed by atoms with E-state index in [2.05, 4.69) is 20.5 Å². The van der Waals surface area contributed by atoms with Gasteiger partial charge in [0.25, 0.3) is 0 Å². The minimum Gasteiger partial charge on any atom is -0.379 e. The molecular formula is C19H20ClF3N4O. The Bertz CT molecular complexity index is 857. The number of nitrogens with zero attached hydrogens (tertiary/aromatic N) is 2. The van der Waals surface area contributed by atoms with Crippen molar-refractivity contribution < 1.29 is 17.9 Å². The van der Waals surface area contributed by atoms with Crippen molar-refractivity contribution in [3.05, 3.63) is 52.7 Å². The Hall–Kier alpha value is -1.87. The van der Waals surface area contributed by atoms with Gasteiger partial charge in [0.15, 0.2) is 5.54 Å². The van der Waals surface area contributed by atoms with Crippen LogP contribution < -0.4 is 10.6 Å². The Kier molecular flexibility index (Phi) is 5.22. The van der Waals surface area contributed by atoms with Crippen molar-refractivity contribution >= 4 is 23.1 Å². The lowest BCUT2D eigenvalue weighted by Crippen LogP contribution is -2.58. The lowest BCUT2D eigenvalue weighted by Gasteiger charge is -2.42. The molecule has 0 spiro atoms. The van der Waals surface area contributed by atoms with Crippen LogP contribution in [0.5, 0.6) is 0 Å². The van der Waals surface area contributed by atoms with Gasteiger partial charge in [-0.1, -0.05) is 17.7 Å². The van der Waals surface area contributed by atoms with Crippen LogP contribution in [-0.4, -0.2) is 55.5 Å². The van der Waals surface area contributed by atoms with Gasteiger partial charge < -0.3 is 10.1 Å². The molecule has 1 saturated heterocycles. The molecule has 1 unspecified atom stereocenters. The minimum absolute atomic E-state index is 0.0410. The fraction of sp³-hybridized carbons (Fsp3) is 0.421. The summed E-state index contributed by atoms with van der Waals surface area (Å²) in [7, 11) is 0. The number of alkyl halides is 3. The molecule has 9 heteroatoms. The SMILES string of the molecule is FC(F)(F)C1(NCCN2CCOCC2)c2cc(Cl)ccc2Nc2ncccc21. The van der Waals surface area contributed by atoms with Crippen molar-refractivity contribution in [1.29, 1.82) is 0 Å². The van der Waals surface area contributed by atoms with E-state index in [-0.39, 0.29) is 28.5 Å². The van der Waals surface area contributed by atoms with E-state index >= 15 is 0 Å². The average molecular weight is 413 g/mol. The first-order valence-corrected chi connectivity index (χ1v) is 9.44. The van der Waals surface area contributed by atoms with Gasteiger partial charge in [0.1, 0.15) is 5.82 Å². The molecule has 2 aromatic rings. The van der Waals surface area contributed by atoms with Crippen LogP contribution in [0.15, 0.2) is 36.5 Å². The van der Waals surface area contributed by atoms with Crippen molar-refractivity contribution in [2.45, 2.75) is 11.7 Å². The molecule has 1 aromatic carbocycles. The van der Waals surface area contributed by atoms with E-state index in [0.717, 1.165) is 0 Å². The number of hydrogen-bond donors (Lipinski definition) is 2. The molecule has 0 amide bonds. The van der Waals surface area contributed by atoms with Crippen LogP contribution in [0, 0.1) is 0 Å². The minimum atomic E-state index is -4.60. The van der Waals surface area contributed by atoms with Crippen LogP contribution in [0.2, 0.25) is 5.02 Å². The number of benzene rings is 1. The smallest absolute Gasteiger partial charge is 0.379 e. The van der Waals surface area contributed by atoms with Gasteiger partial charge >= 0.3 is 6.18 Å². The number of fused-ring (bicyclic) bond motifs is 2. The monoisotopic (exact) mass is 412 g/mol. The molecule has 150 valence electrons. The predicted octanol–water partition coefficient (Wildman–Crippen LogP) is 3.52. The molecular weight excluding hydrogens is 393 g/mol. The largest absolute Gasteiger partial charge is 0.415 e. The maximum absolute atomic E-state index is 14.7. The van der Waals surface area contributed by atoms with E-state index in [1.165, 1.54) is 24.4 Å². The second-order valence-corrected chi connectivity index (χ2v) is 7.28. The highest BCUT2D eigenvalue weighted by atomic mass is 35.5. The van der Waals surface area contributed by atoms with Crippen LogP contribution >= 0.6 is 11.6 Å². The van der Waals surface area contributed by atoms with Gasteiger partial charge in [-0.15, -0.1) is 0 Å². The second-order valence-electron chi connectivity index (χ2n) is 6.84. The first-order valence-electron chi connectivity index (χ1n) is 9.06. The number of aromatic nitrogens is 1. The standard InChI is InChI=1S/C19H20ClF3N4O/c20-13-3-4-16-15(12-13)18(19(21,22)23,14-2-1-5-24-17(14)26-16)25-6-7-27-8-10-28-11-9-27/h1-5,12,25H,6-11H2,(H,24,26). The Morgan fingerprint density at radius 3 is 2.75 bits per heavy atom. The summed E-state index contributed by atoms with van der Waals surface area (Å²) in [6, 6.07) is 7.46. The third kappa shape index (κ3) is 3.34. The highest BCUT2D eigenvalue weighted by Gasteiger charge is 2.60.